The number of azo groups is 4. The number of phenolic OH excluding ortho intramolecular Hbond substituents is 3. The second-order valence-corrected chi connectivity index (χ2v) is 18.1. The van der Waals surface area contributed by atoms with Crippen LogP contribution in [0.1, 0.15) is 51.4 Å². The molecule has 0 aliphatic heterocycles. The number of ether oxygens (including phenoxy) is 2. The zero-order valence-corrected chi connectivity index (χ0v) is 42.8. The Labute approximate surface area is 462 Å². The molecular weight excluding hydrogens is 1060 g/mol. The van der Waals surface area contributed by atoms with Crippen molar-refractivity contribution in [1.82, 2.24) is 0 Å². The molecule has 1 aliphatic rings. The SMILES string of the molecule is CCOC(=O)COc1c2cc(N=Nc3ccc([N+](=O)[O-])cc3)cc1Cc1cc(N=Nc3ccc([N+](=O)[O-])cc3)cc(c1O)Cc1cc(N=Nc3ccc([N+](=O)[O-])cc3)cc(c1O)Cc1cc(N=Nc3ccc([N+](=O)[O-])cc3)cc(c1O)C2. The van der Waals surface area contributed by atoms with Gasteiger partial charge in [-0.25, -0.2) is 4.79 Å². The van der Waals surface area contributed by atoms with Crippen molar-refractivity contribution in [1.29, 1.82) is 0 Å². The standard InChI is InChI=1S/C56H42N12O14/c1-2-81-52(69)31-82-56-38-21-36-27-45(62-58-41-5-13-49(14-6-41)66(75)76)25-34(54(36)71)19-32-23-44(61-57-40-3-11-48(12-4-40)65(73)74)24-33(53(32)70)20-35-26-46(63-59-42-7-15-50(16-8-42)67(77)78)28-37(55(35)72)22-39(56)30-47(29-38)64-60-43-9-17-51(18-10-43)68(79)80/h3-18,23-30,70-72H,2,19-22,31H2,1H3. The monoisotopic (exact) mass is 1110 g/mol. The Morgan fingerprint density at radius 2 is 0.610 bits per heavy atom. The van der Waals surface area contributed by atoms with Gasteiger partial charge in [-0.2, -0.15) is 40.9 Å². The van der Waals surface area contributed by atoms with E-state index in [1.165, 1.54) is 133 Å². The van der Waals surface area contributed by atoms with Gasteiger partial charge in [0.1, 0.15) is 23.0 Å². The maximum absolute atomic E-state index is 13.0. The van der Waals surface area contributed by atoms with Crippen LogP contribution in [0.3, 0.4) is 0 Å². The van der Waals surface area contributed by atoms with Crippen molar-refractivity contribution in [2.75, 3.05) is 13.2 Å². The van der Waals surface area contributed by atoms with Crippen LogP contribution in [0.2, 0.25) is 0 Å². The summed E-state index contributed by atoms with van der Waals surface area (Å²) in [6.45, 7) is 1.05. The van der Waals surface area contributed by atoms with Gasteiger partial charge in [0.05, 0.1) is 71.8 Å². The molecule has 82 heavy (non-hydrogen) atoms. The summed E-state index contributed by atoms with van der Waals surface area (Å²) >= 11 is 0. The first-order valence-corrected chi connectivity index (χ1v) is 24.6. The molecule has 0 radical (unpaired) electrons. The molecule has 0 spiro atoms. The zero-order valence-electron chi connectivity index (χ0n) is 42.8. The third kappa shape index (κ3) is 13.4. The van der Waals surface area contributed by atoms with Gasteiger partial charge < -0.3 is 24.8 Å². The number of nitro groups is 4. The lowest BCUT2D eigenvalue weighted by atomic mass is 9.90. The Morgan fingerprint density at radius 3 is 0.841 bits per heavy atom. The number of nitro benzene ring substituents is 4. The summed E-state index contributed by atoms with van der Waals surface area (Å²) in [4.78, 5) is 56.4. The number of hydrogen-bond donors (Lipinski definition) is 3. The van der Waals surface area contributed by atoms with E-state index in [2.05, 4.69) is 40.9 Å². The zero-order chi connectivity index (χ0) is 58.0. The van der Waals surface area contributed by atoms with Crippen LogP contribution in [-0.2, 0) is 35.2 Å². The summed E-state index contributed by atoms with van der Waals surface area (Å²) in [6.07, 6.45) is -0.845. The Morgan fingerprint density at radius 1 is 0.390 bits per heavy atom. The van der Waals surface area contributed by atoms with E-state index in [4.69, 9.17) is 9.47 Å². The van der Waals surface area contributed by atoms with Crippen molar-refractivity contribution in [2.45, 2.75) is 32.6 Å². The van der Waals surface area contributed by atoms with E-state index in [0.29, 0.717) is 11.1 Å². The first-order chi connectivity index (χ1) is 39.5. The van der Waals surface area contributed by atoms with Gasteiger partial charge in [-0.3, -0.25) is 40.5 Å². The van der Waals surface area contributed by atoms with Gasteiger partial charge in [-0.1, -0.05) is 0 Å². The van der Waals surface area contributed by atoms with Crippen LogP contribution in [0.15, 0.2) is 187 Å². The van der Waals surface area contributed by atoms with Crippen molar-refractivity contribution in [3.63, 3.8) is 0 Å². The van der Waals surface area contributed by atoms with Gasteiger partial charge in [-0.15, -0.1) is 0 Å². The normalized spacial score (nSPS) is 12.3. The van der Waals surface area contributed by atoms with Gasteiger partial charge in [0.25, 0.3) is 22.7 Å². The quantitative estimate of drug-likeness (QED) is 0.0350. The molecule has 0 amide bonds. The van der Waals surface area contributed by atoms with Crippen molar-refractivity contribution in [3.05, 3.63) is 231 Å². The van der Waals surface area contributed by atoms with E-state index in [1.807, 2.05) is 0 Å². The van der Waals surface area contributed by atoms with E-state index in [1.54, 1.807) is 19.1 Å². The lowest BCUT2D eigenvalue weighted by molar-refractivity contribution is -0.385. The maximum Gasteiger partial charge on any atom is 0.344 e. The molecule has 0 atom stereocenters. The fourth-order valence-electron chi connectivity index (χ4n) is 8.63. The number of non-ortho nitro benzene ring substituents is 4. The molecule has 0 heterocycles. The van der Waals surface area contributed by atoms with E-state index in [0.717, 1.165) is 0 Å². The number of benzene rings is 8. The molecular formula is C56H42N12O14. The molecule has 8 aromatic carbocycles. The van der Waals surface area contributed by atoms with E-state index >= 15 is 0 Å². The van der Waals surface area contributed by atoms with Crippen LogP contribution in [0.4, 0.5) is 68.2 Å². The average molecular weight is 1110 g/mol. The number of rotatable bonds is 16. The molecule has 0 fully saturated rings. The summed E-state index contributed by atoms with van der Waals surface area (Å²) in [7, 11) is 0. The van der Waals surface area contributed by atoms with Crippen LogP contribution in [0.25, 0.3) is 0 Å². The Kier molecular flexibility index (Phi) is 16.4. The number of carbonyl (C=O) groups excluding carboxylic acids is 1. The minimum absolute atomic E-state index is 0.0291. The lowest BCUT2D eigenvalue weighted by Crippen LogP contribution is -2.16. The number of phenols is 3. The number of fused-ring (bicyclic) bond motifs is 8. The number of hydrogen-bond acceptors (Lipinski definition) is 22. The van der Waals surface area contributed by atoms with Crippen LogP contribution in [0.5, 0.6) is 23.0 Å². The molecule has 0 saturated heterocycles. The number of carbonyl (C=O) groups is 1. The highest BCUT2D eigenvalue weighted by Crippen LogP contribution is 2.44. The molecule has 0 saturated carbocycles. The Balaban J connectivity index is 1.27. The molecule has 0 aromatic heterocycles. The molecule has 0 unspecified atom stereocenters. The van der Waals surface area contributed by atoms with E-state index in [-0.39, 0.29) is 157 Å². The van der Waals surface area contributed by atoms with Crippen LogP contribution >= 0.6 is 0 Å². The molecule has 1 aliphatic carbocycles. The van der Waals surface area contributed by atoms with Crippen molar-refractivity contribution in [3.8, 4) is 23.0 Å². The van der Waals surface area contributed by atoms with Gasteiger partial charge >= 0.3 is 5.97 Å². The topological polar surface area (TPSA) is 368 Å². The van der Waals surface area contributed by atoms with E-state index < -0.39 is 32.3 Å². The average Bonchev–Trinajstić information content (AvgIpc) is 3.64. The number of esters is 1. The lowest BCUT2D eigenvalue weighted by Gasteiger charge is -2.20. The third-order valence-corrected chi connectivity index (χ3v) is 12.5. The number of nitrogens with zero attached hydrogens (tertiary/aromatic N) is 12. The summed E-state index contributed by atoms with van der Waals surface area (Å²) < 4.78 is 11.6. The van der Waals surface area contributed by atoms with Crippen LogP contribution in [0, 0.1) is 40.5 Å². The Bertz CT molecular complexity index is 3780. The summed E-state index contributed by atoms with van der Waals surface area (Å²) in [5.41, 5.74) is 2.76. The molecule has 9 rings (SSSR count). The predicted octanol–water partition coefficient (Wildman–Crippen LogP) is 14.7. The molecule has 410 valence electrons. The third-order valence-electron chi connectivity index (χ3n) is 12.5. The van der Waals surface area contributed by atoms with Crippen LogP contribution < -0.4 is 4.74 Å². The summed E-state index contributed by atoms with van der Waals surface area (Å²) in [6, 6.07) is 33.5. The minimum Gasteiger partial charge on any atom is -0.507 e. The Hall–Kier alpha value is -11.6. The summed E-state index contributed by atoms with van der Waals surface area (Å²) in [5, 5.41) is 118. The molecule has 8 aromatic rings. The van der Waals surface area contributed by atoms with Crippen molar-refractivity contribution < 1.29 is 49.3 Å². The second kappa shape index (κ2) is 24.4. The highest BCUT2D eigenvalue weighted by molar-refractivity contribution is 5.72. The van der Waals surface area contributed by atoms with Gasteiger partial charge in [0, 0.05) is 119 Å². The molecule has 26 heteroatoms. The second-order valence-electron chi connectivity index (χ2n) is 18.1. The molecule has 3 N–H and O–H groups in total. The van der Waals surface area contributed by atoms with Crippen molar-refractivity contribution in [2.24, 2.45) is 40.9 Å². The fourth-order valence-corrected chi connectivity index (χ4v) is 8.63. The number of aromatic hydroxyl groups is 3. The van der Waals surface area contributed by atoms with Gasteiger partial charge in [-0.05, 0) is 104 Å². The molecule has 26 nitrogen and oxygen atoms in total. The van der Waals surface area contributed by atoms with Crippen molar-refractivity contribution >= 4 is 74.2 Å². The first kappa shape index (κ1) is 55.2. The first-order valence-electron chi connectivity index (χ1n) is 24.6. The fraction of sp³-hybridized carbons (Fsp3) is 0.125. The predicted molar refractivity (Wildman–Crippen MR) is 293 cm³/mol. The van der Waals surface area contributed by atoms with Crippen LogP contribution in [-0.4, -0.2) is 54.2 Å². The van der Waals surface area contributed by atoms with Gasteiger partial charge in [0.15, 0.2) is 6.61 Å². The smallest absolute Gasteiger partial charge is 0.344 e. The van der Waals surface area contributed by atoms with Gasteiger partial charge in [0.2, 0.25) is 0 Å². The largest absolute Gasteiger partial charge is 0.507 e. The minimum atomic E-state index is -0.728. The maximum atomic E-state index is 13.0. The van der Waals surface area contributed by atoms with E-state index in [9.17, 15) is 60.6 Å². The highest BCUT2D eigenvalue weighted by Gasteiger charge is 2.24. The molecule has 8 bridgehead atoms. The highest BCUT2D eigenvalue weighted by atomic mass is 16.6. The summed E-state index contributed by atoms with van der Waals surface area (Å²) in [5.74, 6) is -1.46.